The van der Waals surface area contributed by atoms with Crippen molar-refractivity contribution in [2.75, 3.05) is 5.73 Å². The van der Waals surface area contributed by atoms with Gasteiger partial charge in [-0.1, -0.05) is 6.08 Å². The lowest BCUT2D eigenvalue weighted by molar-refractivity contribution is -0.129. The third-order valence-electron chi connectivity index (χ3n) is 2.22. The fourth-order valence-corrected chi connectivity index (χ4v) is 1.40. The van der Waals surface area contributed by atoms with Crippen molar-refractivity contribution in [1.82, 2.24) is 9.97 Å². The monoisotopic (exact) mass is 231 g/mol. The van der Waals surface area contributed by atoms with Crippen molar-refractivity contribution in [3.63, 3.8) is 0 Å². The molecule has 1 aromatic heterocycles. The summed E-state index contributed by atoms with van der Waals surface area (Å²) in [6, 6.07) is 1.60. The maximum atomic E-state index is 11.3. The van der Waals surface area contributed by atoms with E-state index in [2.05, 4.69) is 15.0 Å². The molecule has 1 aliphatic rings. The summed E-state index contributed by atoms with van der Waals surface area (Å²) in [5.74, 6) is -2.27. The number of nitrogens with zero attached hydrogens (tertiary/aromatic N) is 3. The van der Waals surface area contributed by atoms with Gasteiger partial charge in [0.1, 0.15) is 5.92 Å². The summed E-state index contributed by atoms with van der Waals surface area (Å²) in [5, 5.41) is 0. The van der Waals surface area contributed by atoms with Crippen LogP contribution >= 0.6 is 0 Å². The number of carbonyl (C=O) groups excluding carboxylic acids is 2. The quantitative estimate of drug-likeness (QED) is 0.642. The zero-order valence-corrected chi connectivity index (χ0v) is 8.70. The molecule has 1 aromatic rings. The Balaban J connectivity index is 2.40. The Labute approximate surface area is 96.3 Å². The van der Waals surface area contributed by atoms with Gasteiger partial charge in [0.05, 0.1) is 5.69 Å². The van der Waals surface area contributed by atoms with E-state index in [9.17, 15) is 9.59 Å². The van der Waals surface area contributed by atoms with Crippen LogP contribution in [0.15, 0.2) is 23.3 Å². The minimum atomic E-state index is -1.05. The van der Waals surface area contributed by atoms with Crippen molar-refractivity contribution >= 4 is 29.6 Å². The molecule has 0 spiro atoms. The SMILES string of the molecule is NC(=O)C1C=C(c2ccnc(N)n2)C=NC1=O. The lowest BCUT2D eigenvalue weighted by Crippen LogP contribution is -2.29. The minimum absolute atomic E-state index is 0.101. The zero-order chi connectivity index (χ0) is 12.4. The number of hydrogen-bond acceptors (Lipinski definition) is 5. The topological polar surface area (TPSA) is 124 Å². The van der Waals surface area contributed by atoms with Gasteiger partial charge in [-0.2, -0.15) is 0 Å². The molecule has 2 amide bonds. The fraction of sp³-hybridized carbons (Fsp3) is 0.100. The smallest absolute Gasteiger partial charge is 0.262 e. The van der Waals surface area contributed by atoms with Gasteiger partial charge in [-0.15, -0.1) is 0 Å². The van der Waals surface area contributed by atoms with E-state index in [0.29, 0.717) is 11.3 Å². The van der Waals surface area contributed by atoms with Crippen molar-refractivity contribution in [2.24, 2.45) is 16.6 Å². The van der Waals surface area contributed by atoms with Crippen LogP contribution in [-0.2, 0) is 9.59 Å². The number of dihydropyridines is 1. The van der Waals surface area contributed by atoms with Gasteiger partial charge in [0, 0.05) is 18.0 Å². The van der Waals surface area contributed by atoms with E-state index in [1.54, 1.807) is 6.07 Å². The maximum absolute atomic E-state index is 11.3. The van der Waals surface area contributed by atoms with E-state index in [1.165, 1.54) is 18.5 Å². The molecule has 0 aliphatic carbocycles. The molecule has 86 valence electrons. The number of anilines is 1. The van der Waals surface area contributed by atoms with E-state index < -0.39 is 17.7 Å². The number of nitrogens with two attached hydrogens (primary N) is 2. The molecule has 0 bridgehead atoms. The van der Waals surface area contributed by atoms with E-state index in [1.807, 2.05) is 0 Å². The van der Waals surface area contributed by atoms with Crippen molar-refractivity contribution in [3.05, 3.63) is 24.0 Å². The summed E-state index contributed by atoms with van der Waals surface area (Å²) in [4.78, 5) is 33.6. The van der Waals surface area contributed by atoms with Crippen LogP contribution in [0.1, 0.15) is 5.69 Å². The second kappa shape index (κ2) is 4.12. The van der Waals surface area contributed by atoms with E-state index in [-0.39, 0.29) is 5.95 Å². The lowest BCUT2D eigenvalue weighted by atomic mass is 10.00. The van der Waals surface area contributed by atoms with E-state index >= 15 is 0 Å². The summed E-state index contributed by atoms with van der Waals surface area (Å²) in [6.45, 7) is 0. The van der Waals surface area contributed by atoms with Gasteiger partial charge in [0.2, 0.25) is 11.9 Å². The molecule has 2 heterocycles. The number of primary amides is 1. The van der Waals surface area contributed by atoms with E-state index in [4.69, 9.17) is 11.5 Å². The first-order chi connectivity index (χ1) is 8.08. The molecule has 0 saturated heterocycles. The number of amides is 2. The van der Waals surface area contributed by atoms with E-state index in [0.717, 1.165) is 0 Å². The average Bonchev–Trinajstić information content (AvgIpc) is 2.29. The summed E-state index contributed by atoms with van der Waals surface area (Å²) in [5.41, 5.74) is 11.5. The molecule has 2 rings (SSSR count). The number of aromatic nitrogens is 2. The van der Waals surface area contributed by atoms with Crippen LogP contribution in [0.3, 0.4) is 0 Å². The molecule has 0 radical (unpaired) electrons. The molecule has 0 fully saturated rings. The molecular weight excluding hydrogens is 222 g/mol. The highest BCUT2D eigenvalue weighted by molar-refractivity contribution is 6.19. The lowest BCUT2D eigenvalue weighted by Gasteiger charge is -2.11. The number of carbonyl (C=O) groups is 2. The van der Waals surface area contributed by atoms with Gasteiger partial charge in [0.15, 0.2) is 0 Å². The first kappa shape index (κ1) is 10.9. The molecule has 1 unspecified atom stereocenters. The van der Waals surface area contributed by atoms with Crippen LogP contribution in [0.2, 0.25) is 0 Å². The zero-order valence-electron chi connectivity index (χ0n) is 8.70. The highest BCUT2D eigenvalue weighted by atomic mass is 16.2. The predicted molar refractivity (Wildman–Crippen MR) is 60.6 cm³/mol. The summed E-state index contributed by atoms with van der Waals surface area (Å²) in [6.07, 6.45) is 4.21. The maximum Gasteiger partial charge on any atom is 0.262 e. The second-order valence-electron chi connectivity index (χ2n) is 3.40. The molecule has 7 nitrogen and oxygen atoms in total. The Hall–Kier alpha value is -2.57. The van der Waals surface area contributed by atoms with Crippen molar-refractivity contribution < 1.29 is 9.59 Å². The Morgan fingerprint density at radius 1 is 1.41 bits per heavy atom. The molecule has 7 heteroatoms. The van der Waals surface area contributed by atoms with Crippen molar-refractivity contribution in [3.8, 4) is 0 Å². The third-order valence-corrected chi connectivity index (χ3v) is 2.22. The van der Waals surface area contributed by atoms with Crippen LogP contribution in [-0.4, -0.2) is 28.0 Å². The van der Waals surface area contributed by atoms with Gasteiger partial charge < -0.3 is 11.5 Å². The summed E-state index contributed by atoms with van der Waals surface area (Å²) < 4.78 is 0. The first-order valence-electron chi connectivity index (χ1n) is 4.76. The molecule has 17 heavy (non-hydrogen) atoms. The molecule has 4 N–H and O–H groups in total. The van der Waals surface area contributed by atoms with Crippen LogP contribution in [0, 0.1) is 5.92 Å². The average molecular weight is 231 g/mol. The van der Waals surface area contributed by atoms with Crippen molar-refractivity contribution in [2.45, 2.75) is 0 Å². The molecule has 1 aliphatic heterocycles. The normalized spacial score (nSPS) is 18.9. The molecular formula is C10H9N5O2. The highest BCUT2D eigenvalue weighted by Crippen LogP contribution is 2.18. The molecule has 0 saturated carbocycles. The Morgan fingerprint density at radius 2 is 2.18 bits per heavy atom. The largest absolute Gasteiger partial charge is 0.369 e. The van der Waals surface area contributed by atoms with Crippen LogP contribution in [0.4, 0.5) is 5.95 Å². The van der Waals surface area contributed by atoms with Gasteiger partial charge in [0.25, 0.3) is 5.91 Å². The fourth-order valence-electron chi connectivity index (χ4n) is 1.40. The number of hydrogen-bond donors (Lipinski definition) is 2. The van der Waals surface area contributed by atoms with Crippen LogP contribution < -0.4 is 11.5 Å². The number of allylic oxidation sites excluding steroid dienone is 1. The first-order valence-corrected chi connectivity index (χ1v) is 4.76. The third kappa shape index (κ3) is 2.17. The summed E-state index contributed by atoms with van der Waals surface area (Å²) in [7, 11) is 0. The Bertz CT molecular complexity index is 549. The minimum Gasteiger partial charge on any atom is -0.369 e. The highest BCUT2D eigenvalue weighted by Gasteiger charge is 2.25. The van der Waals surface area contributed by atoms with Crippen molar-refractivity contribution in [1.29, 1.82) is 0 Å². The Morgan fingerprint density at radius 3 is 2.82 bits per heavy atom. The van der Waals surface area contributed by atoms with Gasteiger partial charge >= 0.3 is 0 Å². The van der Waals surface area contributed by atoms with Gasteiger partial charge in [-0.05, 0) is 6.07 Å². The standard InChI is InChI=1S/C10H9N5O2/c11-8(16)6-3-5(4-14-9(6)17)7-1-2-13-10(12)15-7/h1-4,6H,(H2,11,16)(H2,12,13,15). The second-order valence-corrected chi connectivity index (χ2v) is 3.40. The molecule has 1 atom stereocenters. The number of rotatable bonds is 2. The number of aliphatic imine (C=N–C) groups is 1. The van der Waals surface area contributed by atoms with Gasteiger partial charge in [-0.25, -0.2) is 15.0 Å². The summed E-state index contributed by atoms with van der Waals surface area (Å²) >= 11 is 0. The Kier molecular flexibility index (Phi) is 2.65. The predicted octanol–water partition coefficient (Wildman–Crippen LogP) is -0.845. The number of nitrogen functional groups attached to an aromatic ring is 1. The molecule has 0 aromatic carbocycles. The van der Waals surface area contributed by atoms with Crippen LogP contribution in [0.25, 0.3) is 5.57 Å². The van der Waals surface area contributed by atoms with Gasteiger partial charge in [-0.3, -0.25) is 9.59 Å². The van der Waals surface area contributed by atoms with Crippen LogP contribution in [0.5, 0.6) is 0 Å².